The number of esters is 1. The van der Waals surface area contributed by atoms with E-state index in [-0.39, 0.29) is 11.6 Å². The fraction of sp³-hybridized carbons (Fsp3) is 0.800. The van der Waals surface area contributed by atoms with Gasteiger partial charge in [-0.1, -0.05) is 6.08 Å². The number of allylic oxidation sites excluding steroid dienone is 1. The van der Waals surface area contributed by atoms with E-state index in [1.54, 1.807) is 0 Å². The molecule has 0 radical (unpaired) electrons. The lowest BCUT2D eigenvalue weighted by atomic mass is 9.54. The molecule has 94 valence electrons. The number of carbonyl (C=O) groups excluding carboxylic acids is 1. The number of hydrogen-bond acceptors (Lipinski definition) is 2. The monoisotopic (exact) mass is 234 g/mol. The first-order valence-electron chi connectivity index (χ1n) is 6.96. The summed E-state index contributed by atoms with van der Waals surface area (Å²) in [4.78, 5) is 12.0. The van der Waals surface area contributed by atoms with E-state index >= 15 is 0 Å². The molecule has 0 atom stereocenters. The van der Waals surface area contributed by atoms with Crippen LogP contribution >= 0.6 is 0 Å². The SMILES string of the molecule is C/C=C(\C)C(=O)OC12CC3CC(CC(C3)C1)C2. The highest BCUT2D eigenvalue weighted by Crippen LogP contribution is 2.57. The number of ether oxygens (including phenoxy) is 1. The van der Waals surface area contributed by atoms with Crippen molar-refractivity contribution in [3.8, 4) is 0 Å². The van der Waals surface area contributed by atoms with Crippen LogP contribution in [0.4, 0.5) is 0 Å². The molecule has 4 aliphatic rings. The maximum atomic E-state index is 12.0. The van der Waals surface area contributed by atoms with Crippen LogP contribution in [-0.2, 0) is 9.53 Å². The van der Waals surface area contributed by atoms with Crippen molar-refractivity contribution >= 4 is 5.97 Å². The van der Waals surface area contributed by atoms with Gasteiger partial charge in [-0.3, -0.25) is 0 Å². The van der Waals surface area contributed by atoms with Gasteiger partial charge >= 0.3 is 5.97 Å². The lowest BCUT2D eigenvalue weighted by Crippen LogP contribution is -2.52. The Kier molecular flexibility index (Phi) is 2.57. The Morgan fingerprint density at radius 3 is 2.00 bits per heavy atom. The summed E-state index contributed by atoms with van der Waals surface area (Å²) < 4.78 is 5.90. The molecule has 4 bridgehead atoms. The van der Waals surface area contributed by atoms with Gasteiger partial charge in [-0.2, -0.15) is 0 Å². The molecule has 0 aromatic heterocycles. The Labute approximate surface area is 103 Å². The zero-order valence-electron chi connectivity index (χ0n) is 10.9. The molecule has 4 aliphatic carbocycles. The maximum Gasteiger partial charge on any atom is 0.333 e. The quantitative estimate of drug-likeness (QED) is 0.540. The Balaban J connectivity index is 1.76. The van der Waals surface area contributed by atoms with Crippen LogP contribution in [0.3, 0.4) is 0 Å². The highest BCUT2D eigenvalue weighted by Gasteiger charge is 2.53. The molecule has 4 fully saturated rings. The molecule has 4 rings (SSSR count). The molecule has 0 unspecified atom stereocenters. The summed E-state index contributed by atoms with van der Waals surface area (Å²) in [6.45, 7) is 3.75. The van der Waals surface area contributed by atoms with E-state index in [1.807, 2.05) is 19.9 Å². The van der Waals surface area contributed by atoms with E-state index in [9.17, 15) is 4.79 Å². The summed E-state index contributed by atoms with van der Waals surface area (Å²) in [5.74, 6) is 2.41. The molecular formula is C15H22O2. The highest BCUT2D eigenvalue weighted by molar-refractivity contribution is 5.88. The van der Waals surface area contributed by atoms with Gasteiger partial charge in [-0.25, -0.2) is 4.79 Å². The molecule has 0 amide bonds. The standard InChI is InChI=1S/C15H22O2/c1-3-10(2)14(16)17-15-7-11-4-12(8-15)6-13(5-11)9-15/h3,11-13H,4-9H2,1-2H3/b10-3+. The van der Waals surface area contributed by atoms with Gasteiger partial charge in [-0.05, 0) is 70.1 Å². The molecule has 0 N–H and O–H groups in total. The summed E-state index contributed by atoms with van der Waals surface area (Å²) in [6, 6.07) is 0. The van der Waals surface area contributed by atoms with Gasteiger partial charge in [0.25, 0.3) is 0 Å². The van der Waals surface area contributed by atoms with E-state index in [2.05, 4.69) is 0 Å². The summed E-state index contributed by atoms with van der Waals surface area (Å²) in [5, 5.41) is 0. The van der Waals surface area contributed by atoms with Crippen molar-refractivity contribution in [2.45, 2.75) is 58.0 Å². The van der Waals surface area contributed by atoms with Crippen LogP contribution in [-0.4, -0.2) is 11.6 Å². The van der Waals surface area contributed by atoms with Crippen molar-refractivity contribution in [3.05, 3.63) is 11.6 Å². The van der Waals surface area contributed by atoms with E-state index in [1.165, 1.54) is 19.3 Å². The van der Waals surface area contributed by atoms with Gasteiger partial charge in [0.2, 0.25) is 0 Å². The van der Waals surface area contributed by atoms with Crippen molar-refractivity contribution in [1.82, 2.24) is 0 Å². The van der Waals surface area contributed by atoms with Crippen molar-refractivity contribution in [2.24, 2.45) is 17.8 Å². The van der Waals surface area contributed by atoms with Crippen molar-refractivity contribution in [3.63, 3.8) is 0 Å². The third kappa shape index (κ3) is 1.92. The van der Waals surface area contributed by atoms with Crippen LogP contribution in [0.5, 0.6) is 0 Å². The lowest BCUT2D eigenvalue weighted by molar-refractivity contribution is -0.182. The predicted molar refractivity (Wildman–Crippen MR) is 66.4 cm³/mol. The molecule has 0 saturated heterocycles. The minimum atomic E-state index is -0.0885. The Morgan fingerprint density at radius 1 is 1.12 bits per heavy atom. The first-order chi connectivity index (χ1) is 8.10. The second-order valence-electron chi connectivity index (χ2n) is 6.46. The smallest absolute Gasteiger partial charge is 0.333 e. The highest BCUT2D eigenvalue weighted by atomic mass is 16.6. The number of carbonyl (C=O) groups is 1. The normalized spacial score (nSPS) is 43.9. The first kappa shape index (κ1) is 11.3. The van der Waals surface area contributed by atoms with Gasteiger partial charge in [0.05, 0.1) is 0 Å². The van der Waals surface area contributed by atoms with Gasteiger partial charge in [-0.15, -0.1) is 0 Å². The topological polar surface area (TPSA) is 26.3 Å². The minimum absolute atomic E-state index is 0.0872. The number of hydrogen-bond donors (Lipinski definition) is 0. The van der Waals surface area contributed by atoms with Crippen molar-refractivity contribution in [1.29, 1.82) is 0 Å². The van der Waals surface area contributed by atoms with E-state index in [0.717, 1.165) is 42.6 Å². The maximum absolute atomic E-state index is 12.0. The average Bonchev–Trinajstić information content (AvgIpc) is 2.25. The van der Waals surface area contributed by atoms with Crippen LogP contribution < -0.4 is 0 Å². The molecule has 17 heavy (non-hydrogen) atoms. The third-order valence-electron chi connectivity index (χ3n) is 5.05. The molecule has 4 saturated carbocycles. The second kappa shape index (κ2) is 3.86. The second-order valence-corrected chi connectivity index (χ2v) is 6.46. The average molecular weight is 234 g/mol. The minimum Gasteiger partial charge on any atom is -0.456 e. The molecule has 0 heterocycles. The summed E-state index contributed by atoms with van der Waals surface area (Å²) in [6.07, 6.45) is 9.40. The van der Waals surface area contributed by atoms with E-state index in [4.69, 9.17) is 4.74 Å². The molecule has 0 spiro atoms. The molecule has 2 nitrogen and oxygen atoms in total. The largest absolute Gasteiger partial charge is 0.456 e. The lowest BCUT2D eigenvalue weighted by Gasteiger charge is -2.55. The van der Waals surface area contributed by atoms with Crippen molar-refractivity contribution < 1.29 is 9.53 Å². The molecule has 2 heteroatoms. The predicted octanol–water partition coefficient (Wildman–Crippen LogP) is 3.46. The van der Waals surface area contributed by atoms with Crippen molar-refractivity contribution in [2.75, 3.05) is 0 Å². The van der Waals surface area contributed by atoms with Crippen LogP contribution in [0.2, 0.25) is 0 Å². The van der Waals surface area contributed by atoms with Gasteiger partial charge in [0.15, 0.2) is 0 Å². The molecule has 0 aromatic carbocycles. The van der Waals surface area contributed by atoms with Crippen LogP contribution in [0.15, 0.2) is 11.6 Å². The van der Waals surface area contributed by atoms with Gasteiger partial charge in [0, 0.05) is 5.57 Å². The third-order valence-corrected chi connectivity index (χ3v) is 5.05. The fourth-order valence-electron chi connectivity index (χ4n) is 4.55. The summed E-state index contributed by atoms with van der Waals surface area (Å²) >= 11 is 0. The van der Waals surface area contributed by atoms with Gasteiger partial charge < -0.3 is 4.74 Å². The first-order valence-corrected chi connectivity index (χ1v) is 6.96. The molecule has 0 aliphatic heterocycles. The number of rotatable bonds is 2. The van der Waals surface area contributed by atoms with E-state index < -0.39 is 0 Å². The molecule has 0 aromatic rings. The zero-order chi connectivity index (χ0) is 12.0. The Hall–Kier alpha value is -0.790. The van der Waals surface area contributed by atoms with Crippen LogP contribution in [0.25, 0.3) is 0 Å². The summed E-state index contributed by atoms with van der Waals surface area (Å²) in [5.41, 5.74) is 0.663. The molecular weight excluding hydrogens is 212 g/mol. The van der Waals surface area contributed by atoms with E-state index in [0.29, 0.717) is 0 Å². The van der Waals surface area contributed by atoms with Gasteiger partial charge in [0.1, 0.15) is 5.60 Å². The Bertz CT molecular complexity index is 332. The zero-order valence-corrected chi connectivity index (χ0v) is 10.9. The van der Waals surface area contributed by atoms with Crippen LogP contribution in [0.1, 0.15) is 52.4 Å². The Morgan fingerprint density at radius 2 is 1.59 bits per heavy atom. The van der Waals surface area contributed by atoms with Crippen LogP contribution in [0, 0.1) is 17.8 Å². The fourth-order valence-corrected chi connectivity index (χ4v) is 4.55. The summed E-state index contributed by atoms with van der Waals surface area (Å²) in [7, 11) is 0.